The third kappa shape index (κ3) is 10.2. The molecule has 10 N–H and O–H groups in total. The maximum atomic E-state index is 10.2. The first-order valence-electron chi connectivity index (χ1n) is 5.45. The second kappa shape index (κ2) is 14.0. The van der Waals surface area contributed by atoms with Crippen LogP contribution >= 0.6 is 0 Å². The van der Waals surface area contributed by atoms with Gasteiger partial charge in [0, 0.05) is 17.1 Å². The van der Waals surface area contributed by atoms with Crippen molar-refractivity contribution in [1.82, 2.24) is 0 Å². The van der Waals surface area contributed by atoms with Crippen LogP contribution in [0.1, 0.15) is 20.7 Å². The molecule has 0 bridgehead atoms. The molecular formula is C14H18MnO9. The molecule has 0 atom stereocenters. The van der Waals surface area contributed by atoms with Crippen molar-refractivity contribution in [2.45, 2.75) is 0 Å². The van der Waals surface area contributed by atoms with E-state index in [4.69, 9.17) is 20.4 Å². The average molecular weight is 385 g/mol. The van der Waals surface area contributed by atoms with E-state index >= 15 is 0 Å². The number of benzene rings is 2. The van der Waals surface area contributed by atoms with Gasteiger partial charge in [-0.1, -0.05) is 0 Å². The number of carboxylic acids is 2. The molecule has 0 amide bonds. The molecule has 0 aliphatic heterocycles. The standard InChI is InChI=1S/2C7H6O3.Mn.3H2O/c2*8-6-3-1-5(2-4-6)7(9)10;;;;/h2*1-4,8H,(H,9,10);;3*1H2. The molecule has 135 valence electrons. The summed E-state index contributed by atoms with van der Waals surface area (Å²) >= 11 is 0. The second-order valence-corrected chi connectivity index (χ2v) is 3.70. The van der Waals surface area contributed by atoms with Crippen LogP contribution in [-0.2, 0) is 17.1 Å². The van der Waals surface area contributed by atoms with Gasteiger partial charge in [0.1, 0.15) is 11.5 Å². The number of phenolic OH excluding ortho intramolecular Hbond substituents is 2. The van der Waals surface area contributed by atoms with Crippen molar-refractivity contribution in [2.24, 2.45) is 0 Å². The SMILES string of the molecule is O.O.O.O=C(O)c1ccc(O)cc1.O=C(O)c1ccc(O)cc1.[Mn]. The van der Waals surface area contributed by atoms with Crippen LogP contribution in [0.25, 0.3) is 0 Å². The van der Waals surface area contributed by atoms with Gasteiger partial charge in [-0.3, -0.25) is 0 Å². The zero-order valence-corrected chi connectivity index (χ0v) is 13.3. The number of phenols is 2. The topological polar surface area (TPSA) is 210 Å². The van der Waals surface area contributed by atoms with Crippen LogP contribution in [0.4, 0.5) is 0 Å². The minimum Gasteiger partial charge on any atom is -0.508 e. The molecule has 0 heterocycles. The maximum Gasteiger partial charge on any atom is 0.335 e. The van der Waals surface area contributed by atoms with Crippen LogP contribution in [0.5, 0.6) is 11.5 Å². The predicted octanol–water partition coefficient (Wildman–Crippen LogP) is -0.296. The van der Waals surface area contributed by atoms with E-state index in [9.17, 15) is 9.59 Å². The van der Waals surface area contributed by atoms with Gasteiger partial charge in [-0.05, 0) is 48.5 Å². The third-order valence-electron chi connectivity index (χ3n) is 2.23. The average Bonchev–Trinajstić information content (AvgIpc) is 2.40. The Morgan fingerprint density at radius 1 is 0.583 bits per heavy atom. The smallest absolute Gasteiger partial charge is 0.335 e. The summed E-state index contributed by atoms with van der Waals surface area (Å²) in [6.45, 7) is 0. The Bertz CT molecular complexity index is 541. The molecule has 0 saturated carbocycles. The molecule has 9 nitrogen and oxygen atoms in total. The molecule has 2 rings (SSSR count). The minimum absolute atomic E-state index is 0. The molecule has 2 aromatic carbocycles. The number of hydrogen-bond donors (Lipinski definition) is 4. The van der Waals surface area contributed by atoms with Gasteiger partial charge < -0.3 is 36.9 Å². The summed E-state index contributed by atoms with van der Waals surface area (Å²) in [7, 11) is 0. The quantitative estimate of drug-likeness (QED) is 0.509. The monoisotopic (exact) mass is 385 g/mol. The Balaban J connectivity index is -0.000000143. The molecule has 0 saturated heterocycles. The molecule has 0 aliphatic rings. The minimum atomic E-state index is -0.986. The Kier molecular flexibility index (Phi) is 17.2. The van der Waals surface area contributed by atoms with Gasteiger partial charge in [-0.15, -0.1) is 0 Å². The van der Waals surface area contributed by atoms with E-state index in [1.807, 2.05) is 0 Å². The van der Waals surface area contributed by atoms with Crippen molar-refractivity contribution in [3.05, 3.63) is 59.7 Å². The first kappa shape index (κ1) is 29.4. The summed E-state index contributed by atoms with van der Waals surface area (Å²) in [5.41, 5.74) is 0.357. The van der Waals surface area contributed by atoms with E-state index in [0.29, 0.717) is 0 Å². The fraction of sp³-hybridized carbons (Fsp3) is 0. The van der Waals surface area contributed by atoms with E-state index in [1.54, 1.807) is 0 Å². The van der Waals surface area contributed by atoms with E-state index in [2.05, 4.69) is 0 Å². The van der Waals surface area contributed by atoms with Crippen molar-refractivity contribution in [1.29, 1.82) is 0 Å². The normalized spacial score (nSPS) is 7.67. The van der Waals surface area contributed by atoms with Crippen molar-refractivity contribution in [3.8, 4) is 11.5 Å². The van der Waals surface area contributed by atoms with Gasteiger partial charge in [-0.2, -0.15) is 0 Å². The van der Waals surface area contributed by atoms with E-state index in [0.717, 1.165) is 0 Å². The number of aromatic carboxylic acids is 2. The fourth-order valence-electron chi connectivity index (χ4n) is 1.21. The molecule has 0 spiro atoms. The summed E-state index contributed by atoms with van der Waals surface area (Å²) in [5, 5.41) is 34.3. The molecule has 24 heavy (non-hydrogen) atoms. The molecular weight excluding hydrogens is 367 g/mol. The molecule has 0 aliphatic carbocycles. The van der Waals surface area contributed by atoms with Gasteiger partial charge in [0.25, 0.3) is 0 Å². The summed E-state index contributed by atoms with van der Waals surface area (Å²) in [4.78, 5) is 20.5. The Morgan fingerprint density at radius 2 is 0.792 bits per heavy atom. The molecule has 10 heteroatoms. The van der Waals surface area contributed by atoms with E-state index in [1.165, 1.54) is 48.5 Å². The molecule has 0 unspecified atom stereocenters. The van der Waals surface area contributed by atoms with Crippen LogP contribution < -0.4 is 0 Å². The third-order valence-corrected chi connectivity index (χ3v) is 2.23. The Labute approximate surface area is 147 Å². The molecule has 2 aromatic rings. The molecule has 0 fully saturated rings. The summed E-state index contributed by atoms with van der Waals surface area (Å²) < 4.78 is 0. The van der Waals surface area contributed by atoms with Crippen LogP contribution in [-0.4, -0.2) is 48.8 Å². The second-order valence-electron chi connectivity index (χ2n) is 3.70. The van der Waals surface area contributed by atoms with Crippen LogP contribution in [0.2, 0.25) is 0 Å². The van der Waals surface area contributed by atoms with Crippen molar-refractivity contribution < 1.29 is 63.5 Å². The van der Waals surface area contributed by atoms with E-state index in [-0.39, 0.29) is 56.1 Å². The van der Waals surface area contributed by atoms with Crippen molar-refractivity contribution in [2.75, 3.05) is 0 Å². The van der Waals surface area contributed by atoms with Crippen LogP contribution in [0.3, 0.4) is 0 Å². The first-order valence-corrected chi connectivity index (χ1v) is 5.45. The number of carbonyl (C=O) groups is 2. The summed E-state index contributed by atoms with van der Waals surface area (Å²) in [6.07, 6.45) is 0. The van der Waals surface area contributed by atoms with Crippen LogP contribution in [0.15, 0.2) is 48.5 Å². The van der Waals surface area contributed by atoms with Gasteiger partial charge in [0.2, 0.25) is 0 Å². The summed E-state index contributed by atoms with van der Waals surface area (Å²) in [5.74, 6) is -1.82. The Hall–Kier alpha value is -2.62. The summed E-state index contributed by atoms with van der Waals surface area (Å²) in [6, 6.07) is 10.7. The van der Waals surface area contributed by atoms with Gasteiger partial charge >= 0.3 is 11.9 Å². The molecule has 1 radical (unpaired) electrons. The first-order chi connectivity index (χ1) is 9.40. The number of hydrogen-bond acceptors (Lipinski definition) is 4. The van der Waals surface area contributed by atoms with Crippen molar-refractivity contribution >= 4 is 11.9 Å². The zero-order chi connectivity index (χ0) is 15.1. The largest absolute Gasteiger partial charge is 0.508 e. The molecule has 0 aromatic heterocycles. The van der Waals surface area contributed by atoms with Crippen molar-refractivity contribution in [3.63, 3.8) is 0 Å². The van der Waals surface area contributed by atoms with Crippen LogP contribution in [0, 0.1) is 0 Å². The maximum absolute atomic E-state index is 10.2. The van der Waals surface area contributed by atoms with Gasteiger partial charge in [0.05, 0.1) is 11.1 Å². The number of aromatic hydroxyl groups is 2. The van der Waals surface area contributed by atoms with E-state index < -0.39 is 11.9 Å². The van der Waals surface area contributed by atoms with Gasteiger partial charge in [-0.25, -0.2) is 9.59 Å². The number of rotatable bonds is 2. The zero-order valence-electron chi connectivity index (χ0n) is 12.1. The fourth-order valence-corrected chi connectivity index (χ4v) is 1.21. The Morgan fingerprint density at radius 3 is 0.958 bits per heavy atom. The number of carboxylic acid groups (broad SMARTS) is 2. The predicted molar refractivity (Wildman–Crippen MR) is 81.0 cm³/mol. The van der Waals surface area contributed by atoms with Gasteiger partial charge in [0.15, 0.2) is 0 Å².